The van der Waals surface area contributed by atoms with Crippen molar-refractivity contribution < 1.29 is 27.4 Å². The van der Waals surface area contributed by atoms with Crippen molar-refractivity contribution in [1.82, 2.24) is 9.80 Å². The van der Waals surface area contributed by atoms with Gasteiger partial charge < -0.3 is 19.3 Å². The summed E-state index contributed by atoms with van der Waals surface area (Å²) in [5.74, 6) is 1.38. The van der Waals surface area contributed by atoms with Crippen molar-refractivity contribution >= 4 is 11.6 Å². The van der Waals surface area contributed by atoms with Crippen LogP contribution in [0.5, 0.6) is 11.5 Å². The number of nitrogens with zero attached hydrogens (tertiary/aromatic N) is 3. The molecule has 2 atom stereocenters. The molecule has 3 aromatic rings. The van der Waals surface area contributed by atoms with Gasteiger partial charge in [0, 0.05) is 63.5 Å². The Hall–Kier alpha value is -3.72. The van der Waals surface area contributed by atoms with E-state index in [1.54, 1.807) is 20.3 Å². The van der Waals surface area contributed by atoms with E-state index in [0.29, 0.717) is 18.7 Å². The lowest BCUT2D eigenvalue weighted by atomic mass is 9.87. The molecule has 2 fully saturated rings. The molecule has 0 radical (unpaired) electrons. The zero-order valence-electron chi connectivity index (χ0n) is 23.4. The molecule has 1 amide bonds. The molecule has 0 saturated carbocycles. The molecular weight excluding hydrogens is 531 g/mol. The van der Waals surface area contributed by atoms with Crippen molar-refractivity contribution in [3.05, 3.63) is 89.5 Å². The van der Waals surface area contributed by atoms with E-state index < -0.39 is 11.7 Å². The summed E-state index contributed by atoms with van der Waals surface area (Å²) < 4.78 is 51.2. The number of anilines is 1. The average Bonchev–Trinajstić information content (AvgIpc) is 3.41. The number of amides is 1. The largest absolute Gasteiger partial charge is 0.497 e. The highest BCUT2D eigenvalue weighted by atomic mass is 19.4. The van der Waals surface area contributed by atoms with E-state index in [0.717, 1.165) is 61.5 Å². The maximum absolute atomic E-state index is 13.6. The normalized spacial score (nSPS) is 19.8. The fourth-order valence-corrected chi connectivity index (χ4v) is 5.94. The number of benzene rings is 3. The number of piperazine rings is 1. The van der Waals surface area contributed by atoms with Crippen LogP contribution >= 0.6 is 0 Å². The van der Waals surface area contributed by atoms with Crippen LogP contribution in [0.4, 0.5) is 18.9 Å². The summed E-state index contributed by atoms with van der Waals surface area (Å²) in [6.45, 7) is 5.00. The third kappa shape index (κ3) is 6.96. The van der Waals surface area contributed by atoms with Crippen molar-refractivity contribution in [3.8, 4) is 11.5 Å². The number of carbonyl (C=O) groups excluding carboxylic acids is 1. The van der Waals surface area contributed by atoms with Crippen LogP contribution < -0.4 is 14.4 Å². The predicted octanol–water partition coefficient (Wildman–Crippen LogP) is 5.33. The van der Waals surface area contributed by atoms with E-state index >= 15 is 0 Å². The lowest BCUT2D eigenvalue weighted by molar-refractivity contribution is -0.137. The summed E-state index contributed by atoms with van der Waals surface area (Å²) in [4.78, 5) is 19.9. The van der Waals surface area contributed by atoms with E-state index in [4.69, 9.17) is 9.47 Å². The second-order valence-corrected chi connectivity index (χ2v) is 10.8. The summed E-state index contributed by atoms with van der Waals surface area (Å²) in [6.07, 6.45) is -4.17. The molecular formula is C32H36F3N3O3. The maximum Gasteiger partial charge on any atom is 0.416 e. The molecule has 6 nitrogen and oxygen atoms in total. The standard InChI is InChI=1S/C32H36F3N3O3/c1-40-28-11-9-23(10-12-28)17-31(39)38-21-25(30(22-38)24-5-3-6-26(18-24)32(33,34)35)20-36-13-15-37(16-14-36)27-7-4-8-29(19-27)41-2/h3-12,18-19,25,30H,13-17,20-22H2,1-2H3/t25-,30+/m1/s1. The summed E-state index contributed by atoms with van der Waals surface area (Å²) in [6, 6.07) is 21.0. The molecule has 2 saturated heterocycles. The van der Waals surface area contributed by atoms with Gasteiger partial charge in [-0.1, -0.05) is 36.4 Å². The van der Waals surface area contributed by atoms with Gasteiger partial charge >= 0.3 is 6.18 Å². The average molecular weight is 568 g/mol. The fraction of sp³-hybridized carbons (Fsp3) is 0.406. The molecule has 9 heteroatoms. The number of methoxy groups -OCH3 is 2. The van der Waals surface area contributed by atoms with Gasteiger partial charge in [0.15, 0.2) is 0 Å². The molecule has 2 heterocycles. The lowest BCUT2D eigenvalue weighted by Gasteiger charge is -2.38. The maximum atomic E-state index is 13.6. The molecule has 0 bridgehead atoms. The number of carbonyl (C=O) groups is 1. The molecule has 2 aliphatic heterocycles. The van der Waals surface area contributed by atoms with Gasteiger partial charge in [-0.3, -0.25) is 9.69 Å². The van der Waals surface area contributed by atoms with Crippen molar-refractivity contribution in [2.24, 2.45) is 5.92 Å². The number of hydrogen-bond acceptors (Lipinski definition) is 5. The van der Waals surface area contributed by atoms with Crippen molar-refractivity contribution in [3.63, 3.8) is 0 Å². The third-order valence-corrected chi connectivity index (χ3v) is 8.23. The van der Waals surface area contributed by atoms with Crippen LogP contribution in [0, 0.1) is 5.92 Å². The molecule has 5 rings (SSSR count). The van der Waals surface area contributed by atoms with Gasteiger partial charge in [0.2, 0.25) is 5.91 Å². The minimum absolute atomic E-state index is 0.0162. The number of rotatable bonds is 8. The van der Waals surface area contributed by atoms with Gasteiger partial charge in [0.25, 0.3) is 0 Å². The summed E-state index contributed by atoms with van der Waals surface area (Å²) in [5.41, 5.74) is 1.98. The Morgan fingerprint density at radius 3 is 2.24 bits per heavy atom. The van der Waals surface area contributed by atoms with Gasteiger partial charge in [-0.2, -0.15) is 13.2 Å². The van der Waals surface area contributed by atoms with Gasteiger partial charge in [0.05, 0.1) is 26.2 Å². The van der Waals surface area contributed by atoms with E-state index in [2.05, 4.69) is 15.9 Å². The molecule has 41 heavy (non-hydrogen) atoms. The van der Waals surface area contributed by atoms with Crippen LogP contribution in [0.3, 0.4) is 0 Å². The molecule has 0 spiro atoms. The van der Waals surface area contributed by atoms with Crippen molar-refractivity contribution in [2.75, 3.05) is 64.9 Å². The SMILES string of the molecule is COc1ccc(CC(=O)N2C[C@@H](CN3CCN(c4cccc(OC)c4)CC3)[C@H](c3cccc(C(F)(F)F)c3)C2)cc1. The molecule has 3 aromatic carbocycles. The molecule has 0 N–H and O–H groups in total. The Morgan fingerprint density at radius 1 is 0.854 bits per heavy atom. The molecule has 0 unspecified atom stereocenters. The quantitative estimate of drug-likeness (QED) is 0.368. The first-order valence-corrected chi connectivity index (χ1v) is 13.9. The molecule has 0 aromatic heterocycles. The minimum atomic E-state index is -4.41. The van der Waals surface area contributed by atoms with E-state index in [9.17, 15) is 18.0 Å². The highest BCUT2D eigenvalue weighted by molar-refractivity contribution is 5.79. The first kappa shape index (κ1) is 28.8. The number of ether oxygens (including phenoxy) is 2. The molecule has 0 aliphatic carbocycles. The highest BCUT2D eigenvalue weighted by Crippen LogP contribution is 2.37. The summed E-state index contributed by atoms with van der Waals surface area (Å²) in [7, 11) is 3.25. The van der Waals surface area contributed by atoms with Crippen LogP contribution in [-0.4, -0.2) is 75.7 Å². The first-order valence-electron chi connectivity index (χ1n) is 13.9. The first-order chi connectivity index (χ1) is 19.7. The van der Waals surface area contributed by atoms with Gasteiger partial charge in [0.1, 0.15) is 11.5 Å². The van der Waals surface area contributed by atoms with Gasteiger partial charge in [-0.05, 0) is 47.4 Å². The van der Waals surface area contributed by atoms with Crippen LogP contribution in [0.15, 0.2) is 72.8 Å². The lowest BCUT2D eigenvalue weighted by Crippen LogP contribution is -2.48. The van der Waals surface area contributed by atoms with Crippen LogP contribution in [0.2, 0.25) is 0 Å². The third-order valence-electron chi connectivity index (χ3n) is 8.23. The Balaban J connectivity index is 1.29. The van der Waals surface area contributed by atoms with E-state index in [-0.39, 0.29) is 24.2 Å². The van der Waals surface area contributed by atoms with Crippen LogP contribution in [0.1, 0.15) is 22.6 Å². The smallest absolute Gasteiger partial charge is 0.416 e. The van der Waals surface area contributed by atoms with Gasteiger partial charge in [-0.25, -0.2) is 0 Å². The molecule has 218 valence electrons. The fourth-order valence-electron chi connectivity index (χ4n) is 5.94. The zero-order valence-corrected chi connectivity index (χ0v) is 23.4. The zero-order chi connectivity index (χ0) is 29.0. The summed E-state index contributed by atoms with van der Waals surface area (Å²) >= 11 is 0. The van der Waals surface area contributed by atoms with Crippen molar-refractivity contribution in [2.45, 2.75) is 18.5 Å². The van der Waals surface area contributed by atoms with Crippen LogP contribution in [-0.2, 0) is 17.4 Å². The highest BCUT2D eigenvalue weighted by Gasteiger charge is 2.39. The number of alkyl halides is 3. The minimum Gasteiger partial charge on any atom is -0.497 e. The second-order valence-electron chi connectivity index (χ2n) is 10.8. The second kappa shape index (κ2) is 12.4. The topological polar surface area (TPSA) is 45.2 Å². The van der Waals surface area contributed by atoms with Crippen molar-refractivity contribution in [1.29, 1.82) is 0 Å². The number of likely N-dealkylation sites (tertiary alicyclic amines) is 1. The Labute approximate surface area is 239 Å². The number of hydrogen-bond donors (Lipinski definition) is 0. The molecule has 2 aliphatic rings. The monoisotopic (exact) mass is 567 g/mol. The number of halogens is 3. The Kier molecular flexibility index (Phi) is 8.73. The van der Waals surface area contributed by atoms with Crippen LogP contribution in [0.25, 0.3) is 0 Å². The predicted molar refractivity (Wildman–Crippen MR) is 153 cm³/mol. The van der Waals surface area contributed by atoms with E-state index in [1.807, 2.05) is 47.4 Å². The Bertz CT molecular complexity index is 1320. The Morgan fingerprint density at radius 2 is 1.56 bits per heavy atom. The van der Waals surface area contributed by atoms with Gasteiger partial charge in [-0.15, -0.1) is 0 Å². The van der Waals surface area contributed by atoms with E-state index in [1.165, 1.54) is 12.1 Å². The summed E-state index contributed by atoms with van der Waals surface area (Å²) in [5, 5.41) is 0.